The molecule has 0 bridgehead atoms. The highest BCUT2D eigenvalue weighted by Gasteiger charge is 2.38. The number of para-hydroxylation sites is 2. The summed E-state index contributed by atoms with van der Waals surface area (Å²) in [6, 6.07) is 15.6. The summed E-state index contributed by atoms with van der Waals surface area (Å²) in [4.78, 5) is 32.0. The van der Waals surface area contributed by atoms with E-state index in [0.717, 1.165) is 36.6 Å². The molecule has 2 fully saturated rings. The minimum atomic E-state index is -0.315. The van der Waals surface area contributed by atoms with E-state index in [1.54, 1.807) is 12.0 Å². The summed E-state index contributed by atoms with van der Waals surface area (Å²) in [6.07, 6.45) is 1.15. The third kappa shape index (κ3) is 4.66. The Labute approximate surface area is 189 Å². The molecule has 0 radical (unpaired) electrons. The molecule has 2 aromatic carbocycles. The smallest absolute Gasteiger partial charge is 0.228 e. The Balaban J connectivity index is 1.40. The Hall–Kier alpha value is -3.22. The number of hydrogen-bond acceptors (Lipinski definition) is 5. The maximum atomic E-state index is 13.3. The van der Waals surface area contributed by atoms with E-state index in [-0.39, 0.29) is 24.2 Å². The molecule has 2 aliphatic rings. The Bertz CT molecular complexity index is 946. The summed E-state index contributed by atoms with van der Waals surface area (Å²) in [5, 5.41) is 0. The molecule has 1 atom stereocenters. The number of hydrogen-bond donors (Lipinski definition) is 0. The summed E-state index contributed by atoms with van der Waals surface area (Å²) >= 11 is 0. The SMILES string of the molecule is CCOc1ccccc1N1CC(C(=O)N2CCCN(c3ccc(OC)cc3)CC2)CC1=O. The Morgan fingerprint density at radius 2 is 1.81 bits per heavy atom. The highest BCUT2D eigenvalue weighted by molar-refractivity contribution is 6.01. The van der Waals surface area contributed by atoms with Crippen molar-refractivity contribution in [2.45, 2.75) is 19.8 Å². The fraction of sp³-hybridized carbons (Fsp3) is 0.440. The predicted octanol–water partition coefficient (Wildman–Crippen LogP) is 3.19. The van der Waals surface area contributed by atoms with Crippen molar-refractivity contribution in [3.8, 4) is 11.5 Å². The van der Waals surface area contributed by atoms with Gasteiger partial charge in [0.2, 0.25) is 11.8 Å². The van der Waals surface area contributed by atoms with Gasteiger partial charge in [-0.15, -0.1) is 0 Å². The quantitative estimate of drug-likeness (QED) is 0.695. The average Bonchev–Trinajstić information content (AvgIpc) is 3.04. The van der Waals surface area contributed by atoms with Crippen molar-refractivity contribution in [1.29, 1.82) is 0 Å². The minimum Gasteiger partial charge on any atom is -0.497 e. The van der Waals surface area contributed by atoms with Gasteiger partial charge in [-0.1, -0.05) is 12.1 Å². The van der Waals surface area contributed by atoms with Gasteiger partial charge in [-0.25, -0.2) is 0 Å². The van der Waals surface area contributed by atoms with E-state index >= 15 is 0 Å². The number of benzene rings is 2. The van der Waals surface area contributed by atoms with Crippen LogP contribution in [0.25, 0.3) is 0 Å². The first-order chi connectivity index (χ1) is 15.6. The second kappa shape index (κ2) is 9.94. The van der Waals surface area contributed by atoms with E-state index in [1.165, 1.54) is 0 Å². The molecule has 7 nitrogen and oxygen atoms in total. The van der Waals surface area contributed by atoms with E-state index in [2.05, 4.69) is 17.0 Å². The van der Waals surface area contributed by atoms with Crippen LogP contribution in [0, 0.1) is 5.92 Å². The van der Waals surface area contributed by atoms with Gasteiger partial charge in [0.05, 0.1) is 25.3 Å². The standard InChI is InChI=1S/C25H31N3O4/c1-3-32-23-8-5-4-7-22(23)28-18-19(17-24(28)29)25(30)27-14-6-13-26(15-16-27)20-9-11-21(31-2)12-10-20/h4-5,7-12,19H,3,6,13-18H2,1-2H3. The van der Waals surface area contributed by atoms with Crippen LogP contribution in [0.5, 0.6) is 11.5 Å². The Kier molecular flexibility index (Phi) is 6.83. The summed E-state index contributed by atoms with van der Waals surface area (Å²) in [5.74, 6) is 1.25. The fourth-order valence-corrected chi connectivity index (χ4v) is 4.51. The largest absolute Gasteiger partial charge is 0.497 e. The molecule has 2 aliphatic heterocycles. The molecule has 1 unspecified atom stereocenters. The van der Waals surface area contributed by atoms with Crippen molar-refractivity contribution in [3.05, 3.63) is 48.5 Å². The van der Waals surface area contributed by atoms with Gasteiger partial charge in [0.1, 0.15) is 11.5 Å². The summed E-state index contributed by atoms with van der Waals surface area (Å²) in [7, 11) is 1.66. The van der Waals surface area contributed by atoms with E-state index in [9.17, 15) is 9.59 Å². The minimum absolute atomic E-state index is 0.0230. The molecule has 2 amide bonds. The van der Waals surface area contributed by atoms with Crippen LogP contribution in [-0.2, 0) is 9.59 Å². The summed E-state index contributed by atoms with van der Waals surface area (Å²) in [5.41, 5.74) is 1.88. The third-order valence-electron chi connectivity index (χ3n) is 6.18. The topological polar surface area (TPSA) is 62.3 Å². The lowest BCUT2D eigenvalue weighted by Crippen LogP contribution is -2.40. The molecule has 7 heteroatoms. The third-order valence-corrected chi connectivity index (χ3v) is 6.18. The normalized spacial score (nSPS) is 19.1. The van der Waals surface area contributed by atoms with Crippen molar-refractivity contribution in [2.24, 2.45) is 5.92 Å². The highest BCUT2D eigenvalue weighted by Crippen LogP contribution is 2.33. The maximum absolute atomic E-state index is 13.3. The van der Waals surface area contributed by atoms with E-state index in [1.807, 2.05) is 48.2 Å². The van der Waals surface area contributed by atoms with Gasteiger partial charge in [-0.3, -0.25) is 9.59 Å². The summed E-state index contributed by atoms with van der Waals surface area (Å²) < 4.78 is 10.9. The van der Waals surface area contributed by atoms with Gasteiger partial charge in [0, 0.05) is 44.8 Å². The van der Waals surface area contributed by atoms with E-state index < -0.39 is 0 Å². The lowest BCUT2D eigenvalue weighted by atomic mass is 10.1. The molecule has 2 aromatic rings. The van der Waals surface area contributed by atoms with Gasteiger partial charge >= 0.3 is 0 Å². The molecule has 0 spiro atoms. The molecule has 4 rings (SSSR count). The zero-order chi connectivity index (χ0) is 22.5. The first-order valence-corrected chi connectivity index (χ1v) is 11.3. The second-order valence-corrected chi connectivity index (χ2v) is 8.17. The fourth-order valence-electron chi connectivity index (χ4n) is 4.51. The molecule has 0 N–H and O–H groups in total. The van der Waals surface area contributed by atoms with Crippen molar-refractivity contribution in [1.82, 2.24) is 4.90 Å². The Morgan fingerprint density at radius 3 is 2.56 bits per heavy atom. The maximum Gasteiger partial charge on any atom is 0.228 e. The van der Waals surface area contributed by atoms with E-state index in [0.29, 0.717) is 32.0 Å². The number of nitrogens with zero attached hydrogens (tertiary/aromatic N) is 3. The monoisotopic (exact) mass is 437 g/mol. The summed E-state index contributed by atoms with van der Waals surface area (Å²) in [6.45, 7) is 5.89. The van der Waals surface area contributed by atoms with Crippen LogP contribution in [0.4, 0.5) is 11.4 Å². The van der Waals surface area contributed by atoms with Crippen LogP contribution in [0.1, 0.15) is 19.8 Å². The van der Waals surface area contributed by atoms with Crippen molar-refractivity contribution >= 4 is 23.2 Å². The number of carbonyl (C=O) groups is 2. The molecule has 0 aliphatic carbocycles. The molecular weight excluding hydrogens is 406 g/mol. The lowest BCUT2D eigenvalue weighted by molar-refractivity contribution is -0.135. The first kappa shape index (κ1) is 22.0. The molecule has 2 saturated heterocycles. The van der Waals surface area contributed by atoms with Crippen molar-refractivity contribution < 1.29 is 19.1 Å². The average molecular weight is 438 g/mol. The molecular formula is C25H31N3O4. The number of anilines is 2. The second-order valence-electron chi connectivity index (χ2n) is 8.17. The van der Waals surface area contributed by atoms with Crippen LogP contribution in [-0.4, -0.2) is 63.2 Å². The van der Waals surface area contributed by atoms with Gasteiger partial charge in [0.15, 0.2) is 0 Å². The zero-order valence-electron chi connectivity index (χ0n) is 18.8. The number of amides is 2. The van der Waals surface area contributed by atoms with Gasteiger partial charge in [-0.2, -0.15) is 0 Å². The van der Waals surface area contributed by atoms with Crippen LogP contribution >= 0.6 is 0 Å². The van der Waals surface area contributed by atoms with Crippen LogP contribution in [0.2, 0.25) is 0 Å². The first-order valence-electron chi connectivity index (χ1n) is 11.3. The van der Waals surface area contributed by atoms with Crippen LogP contribution < -0.4 is 19.3 Å². The number of rotatable bonds is 6. The van der Waals surface area contributed by atoms with Crippen molar-refractivity contribution in [3.63, 3.8) is 0 Å². The molecule has 170 valence electrons. The van der Waals surface area contributed by atoms with Gasteiger partial charge in [-0.05, 0) is 49.7 Å². The van der Waals surface area contributed by atoms with Crippen LogP contribution in [0.15, 0.2) is 48.5 Å². The van der Waals surface area contributed by atoms with Gasteiger partial charge < -0.3 is 24.2 Å². The molecule has 0 saturated carbocycles. The molecule has 32 heavy (non-hydrogen) atoms. The van der Waals surface area contributed by atoms with Crippen molar-refractivity contribution in [2.75, 3.05) is 56.2 Å². The lowest BCUT2D eigenvalue weighted by Gasteiger charge is -2.25. The molecule has 2 heterocycles. The Morgan fingerprint density at radius 1 is 1.03 bits per heavy atom. The van der Waals surface area contributed by atoms with E-state index in [4.69, 9.17) is 9.47 Å². The number of carbonyl (C=O) groups excluding carboxylic acids is 2. The predicted molar refractivity (Wildman–Crippen MR) is 124 cm³/mol. The number of methoxy groups -OCH3 is 1. The zero-order valence-corrected chi connectivity index (χ0v) is 18.8. The number of ether oxygens (including phenoxy) is 2. The van der Waals surface area contributed by atoms with Crippen LogP contribution in [0.3, 0.4) is 0 Å². The molecule has 0 aromatic heterocycles. The highest BCUT2D eigenvalue weighted by atomic mass is 16.5. The van der Waals surface area contributed by atoms with Gasteiger partial charge in [0.25, 0.3) is 0 Å².